The molecule has 6 nitrogen and oxygen atoms in total. The Bertz CT molecular complexity index is 540. The lowest BCUT2D eigenvalue weighted by molar-refractivity contribution is 0.102. The van der Waals surface area contributed by atoms with Crippen molar-refractivity contribution in [2.24, 2.45) is 0 Å². The Morgan fingerprint density at radius 2 is 2.33 bits per heavy atom. The molecule has 18 heavy (non-hydrogen) atoms. The van der Waals surface area contributed by atoms with Crippen molar-refractivity contribution in [2.75, 3.05) is 11.1 Å². The summed E-state index contributed by atoms with van der Waals surface area (Å²) in [6.45, 7) is 2.05. The van der Waals surface area contributed by atoms with Crippen LogP contribution < -0.4 is 11.1 Å². The largest absolute Gasteiger partial charge is 0.384 e. The van der Waals surface area contributed by atoms with Crippen molar-refractivity contribution in [2.45, 2.75) is 19.8 Å². The minimum absolute atomic E-state index is 0.229. The molecule has 7 heteroatoms. The lowest BCUT2D eigenvalue weighted by Crippen LogP contribution is -2.12. The average Bonchev–Trinajstić information content (AvgIpc) is 2.81. The number of hydrogen-bond donors (Lipinski definition) is 2. The number of aromatic nitrogens is 3. The van der Waals surface area contributed by atoms with Crippen LogP contribution in [0.5, 0.6) is 0 Å². The monoisotopic (exact) mass is 263 g/mol. The minimum Gasteiger partial charge on any atom is -0.384 e. The Kier molecular flexibility index (Phi) is 3.83. The van der Waals surface area contributed by atoms with Crippen molar-refractivity contribution in [1.29, 1.82) is 0 Å². The molecule has 2 aromatic rings. The van der Waals surface area contributed by atoms with Gasteiger partial charge in [-0.25, -0.2) is 4.98 Å². The summed E-state index contributed by atoms with van der Waals surface area (Å²) in [6, 6.07) is 3.31. The van der Waals surface area contributed by atoms with Gasteiger partial charge in [0.25, 0.3) is 5.91 Å². The number of nitrogens with zero attached hydrogens (tertiary/aromatic N) is 3. The SMILES string of the molecule is CCCc1cc(C(=O)Nc2cnns2)cc(N)n1. The highest BCUT2D eigenvalue weighted by Crippen LogP contribution is 2.14. The Morgan fingerprint density at radius 1 is 1.50 bits per heavy atom. The minimum atomic E-state index is -0.229. The summed E-state index contributed by atoms with van der Waals surface area (Å²) in [7, 11) is 0. The normalized spacial score (nSPS) is 10.3. The van der Waals surface area contributed by atoms with Crippen LogP contribution in [0.1, 0.15) is 29.4 Å². The molecule has 0 radical (unpaired) electrons. The lowest BCUT2D eigenvalue weighted by atomic mass is 10.1. The molecule has 0 fully saturated rings. The van der Waals surface area contributed by atoms with Gasteiger partial charge in [0.05, 0.1) is 6.20 Å². The quantitative estimate of drug-likeness (QED) is 0.876. The lowest BCUT2D eigenvalue weighted by Gasteiger charge is -2.05. The van der Waals surface area contributed by atoms with Crippen molar-refractivity contribution < 1.29 is 4.79 Å². The van der Waals surface area contributed by atoms with Crippen molar-refractivity contribution in [3.05, 3.63) is 29.6 Å². The fourth-order valence-electron chi connectivity index (χ4n) is 1.53. The first-order valence-electron chi connectivity index (χ1n) is 5.54. The van der Waals surface area contributed by atoms with E-state index in [0.717, 1.165) is 30.1 Å². The Morgan fingerprint density at radius 3 is 3.00 bits per heavy atom. The molecule has 0 aliphatic rings. The van der Waals surface area contributed by atoms with Gasteiger partial charge in [0.2, 0.25) is 0 Å². The first-order chi connectivity index (χ1) is 8.69. The molecule has 0 spiro atoms. The van der Waals surface area contributed by atoms with E-state index in [-0.39, 0.29) is 5.91 Å². The molecule has 94 valence electrons. The van der Waals surface area contributed by atoms with E-state index in [1.807, 2.05) is 6.92 Å². The van der Waals surface area contributed by atoms with Crippen molar-refractivity contribution >= 4 is 28.3 Å². The number of rotatable bonds is 4. The molecule has 0 saturated carbocycles. The third-order valence-electron chi connectivity index (χ3n) is 2.26. The van der Waals surface area contributed by atoms with Gasteiger partial charge in [-0.2, -0.15) is 0 Å². The maximum atomic E-state index is 12.0. The molecule has 0 aromatic carbocycles. The second-order valence-corrected chi connectivity index (χ2v) is 4.54. The van der Waals surface area contributed by atoms with Crippen LogP contribution in [0.4, 0.5) is 10.8 Å². The van der Waals surface area contributed by atoms with Gasteiger partial charge in [0, 0.05) is 22.8 Å². The molecule has 0 unspecified atom stereocenters. The summed E-state index contributed by atoms with van der Waals surface area (Å²) in [5.74, 6) is 0.126. The van der Waals surface area contributed by atoms with E-state index >= 15 is 0 Å². The number of carbonyl (C=O) groups is 1. The number of anilines is 2. The first kappa shape index (κ1) is 12.4. The van der Waals surface area contributed by atoms with Crippen molar-refractivity contribution in [3.63, 3.8) is 0 Å². The van der Waals surface area contributed by atoms with Crippen molar-refractivity contribution in [1.82, 2.24) is 14.6 Å². The van der Waals surface area contributed by atoms with E-state index in [1.54, 1.807) is 12.1 Å². The summed E-state index contributed by atoms with van der Waals surface area (Å²) < 4.78 is 3.67. The molecule has 0 atom stereocenters. The predicted octanol–water partition coefficient (Wildman–Crippen LogP) is 1.72. The van der Waals surface area contributed by atoms with Crippen LogP contribution in [-0.2, 0) is 6.42 Å². The molecule has 2 aromatic heterocycles. The highest BCUT2D eigenvalue weighted by atomic mass is 32.1. The van der Waals surface area contributed by atoms with Crippen LogP contribution in [0.2, 0.25) is 0 Å². The summed E-state index contributed by atoms with van der Waals surface area (Å²) in [6.07, 6.45) is 3.25. The number of nitrogen functional groups attached to an aromatic ring is 1. The Balaban J connectivity index is 2.19. The van der Waals surface area contributed by atoms with Crippen LogP contribution in [0.3, 0.4) is 0 Å². The molecule has 2 rings (SSSR count). The summed E-state index contributed by atoms with van der Waals surface area (Å²) >= 11 is 1.12. The van der Waals surface area contributed by atoms with Gasteiger partial charge in [0.1, 0.15) is 10.8 Å². The molecular formula is C11H13N5OS. The molecule has 2 heterocycles. The second kappa shape index (κ2) is 5.54. The zero-order valence-electron chi connectivity index (χ0n) is 9.88. The van der Waals surface area contributed by atoms with E-state index in [0.29, 0.717) is 16.4 Å². The summed E-state index contributed by atoms with van der Waals surface area (Å²) in [4.78, 5) is 16.2. The Labute approximate surface area is 108 Å². The molecule has 1 amide bonds. The number of pyridine rings is 1. The van der Waals surface area contributed by atoms with Crippen LogP contribution in [0.25, 0.3) is 0 Å². The van der Waals surface area contributed by atoms with Gasteiger partial charge in [-0.1, -0.05) is 17.8 Å². The molecule has 0 saturated heterocycles. The second-order valence-electron chi connectivity index (χ2n) is 3.76. The van der Waals surface area contributed by atoms with Gasteiger partial charge < -0.3 is 11.1 Å². The van der Waals surface area contributed by atoms with Gasteiger partial charge >= 0.3 is 0 Å². The topological polar surface area (TPSA) is 93.8 Å². The third-order valence-corrected chi connectivity index (χ3v) is 2.84. The fraction of sp³-hybridized carbons (Fsp3) is 0.273. The third kappa shape index (κ3) is 3.01. The van der Waals surface area contributed by atoms with Crippen LogP contribution in [0, 0.1) is 0 Å². The summed E-state index contributed by atoms with van der Waals surface area (Å²) in [5, 5.41) is 6.96. The maximum absolute atomic E-state index is 12.0. The van der Waals surface area contributed by atoms with Gasteiger partial charge in [-0.05, 0) is 18.6 Å². The standard InChI is InChI=1S/C11H13N5OS/c1-2-3-8-4-7(5-9(12)14-8)11(17)15-10-6-13-16-18-10/h4-6H,2-3H2,1H3,(H2,12,14)(H,15,17). The molecule has 0 aliphatic heterocycles. The predicted molar refractivity (Wildman–Crippen MR) is 70.5 cm³/mol. The average molecular weight is 263 g/mol. The number of amides is 1. The number of hydrogen-bond acceptors (Lipinski definition) is 6. The summed E-state index contributed by atoms with van der Waals surface area (Å²) in [5.41, 5.74) is 7.01. The number of carbonyl (C=O) groups excluding carboxylic acids is 1. The number of nitrogens with one attached hydrogen (secondary N) is 1. The smallest absolute Gasteiger partial charge is 0.256 e. The van der Waals surface area contributed by atoms with E-state index in [1.165, 1.54) is 6.20 Å². The van der Waals surface area contributed by atoms with Gasteiger partial charge in [-0.3, -0.25) is 4.79 Å². The van der Waals surface area contributed by atoms with E-state index in [9.17, 15) is 4.79 Å². The van der Waals surface area contributed by atoms with E-state index in [4.69, 9.17) is 5.73 Å². The first-order valence-corrected chi connectivity index (χ1v) is 6.31. The molecule has 0 aliphatic carbocycles. The zero-order valence-corrected chi connectivity index (χ0v) is 10.7. The Hall–Kier alpha value is -2.02. The van der Waals surface area contributed by atoms with Crippen molar-refractivity contribution in [3.8, 4) is 0 Å². The highest BCUT2D eigenvalue weighted by molar-refractivity contribution is 7.10. The maximum Gasteiger partial charge on any atom is 0.256 e. The van der Waals surface area contributed by atoms with Gasteiger partial charge in [-0.15, -0.1) is 5.10 Å². The highest BCUT2D eigenvalue weighted by Gasteiger charge is 2.10. The van der Waals surface area contributed by atoms with Crippen LogP contribution in [0.15, 0.2) is 18.3 Å². The van der Waals surface area contributed by atoms with Crippen LogP contribution >= 0.6 is 11.5 Å². The number of nitrogens with two attached hydrogens (primary N) is 1. The fourth-order valence-corrected chi connectivity index (χ4v) is 1.95. The van der Waals surface area contributed by atoms with E-state index in [2.05, 4.69) is 19.9 Å². The van der Waals surface area contributed by atoms with Gasteiger partial charge in [0.15, 0.2) is 0 Å². The molecule has 0 bridgehead atoms. The zero-order chi connectivity index (χ0) is 13.0. The van der Waals surface area contributed by atoms with E-state index < -0.39 is 0 Å². The molecule has 3 N–H and O–H groups in total. The molecular weight excluding hydrogens is 250 g/mol. The number of aryl methyl sites for hydroxylation is 1. The van der Waals surface area contributed by atoms with Crippen LogP contribution in [-0.4, -0.2) is 20.5 Å².